The lowest BCUT2D eigenvalue weighted by Gasteiger charge is -2.24. The summed E-state index contributed by atoms with van der Waals surface area (Å²) >= 11 is 0. The number of halogens is 1. The molecule has 1 N–H and O–H groups in total. The summed E-state index contributed by atoms with van der Waals surface area (Å²) in [6.07, 6.45) is 2.86. The summed E-state index contributed by atoms with van der Waals surface area (Å²) in [5.41, 5.74) is -0.422. The largest absolute Gasteiger partial charge is 0.497 e. The number of carbonyl (C=O) groups is 1. The normalized spacial score (nSPS) is 18.0. The number of hydrogen-bond donors (Lipinski definition) is 1. The van der Waals surface area contributed by atoms with Gasteiger partial charge in [0.15, 0.2) is 0 Å². The van der Waals surface area contributed by atoms with E-state index < -0.39 is 17.2 Å². The quantitative estimate of drug-likeness (QED) is 0.880. The molecule has 0 saturated heterocycles. The Morgan fingerprint density at radius 1 is 1.35 bits per heavy atom. The Labute approximate surface area is 99.2 Å². The minimum absolute atomic E-state index is 0.368. The van der Waals surface area contributed by atoms with Crippen molar-refractivity contribution in [2.24, 2.45) is 0 Å². The second-order valence-electron chi connectivity index (χ2n) is 4.47. The van der Waals surface area contributed by atoms with E-state index in [0.717, 1.165) is 12.8 Å². The molecule has 0 heterocycles. The number of carboxylic acid groups (broad SMARTS) is 1. The van der Waals surface area contributed by atoms with Crippen molar-refractivity contribution < 1.29 is 19.0 Å². The molecule has 0 unspecified atom stereocenters. The van der Waals surface area contributed by atoms with E-state index in [1.807, 2.05) is 0 Å². The molecule has 0 atom stereocenters. The van der Waals surface area contributed by atoms with Crippen molar-refractivity contribution in [3.8, 4) is 5.75 Å². The molecule has 4 heteroatoms. The first kappa shape index (κ1) is 11.9. The van der Waals surface area contributed by atoms with Gasteiger partial charge in [-0.15, -0.1) is 0 Å². The molecular weight excluding hydrogens is 223 g/mol. The summed E-state index contributed by atoms with van der Waals surface area (Å²) in [5, 5.41) is 9.41. The number of rotatable bonds is 3. The zero-order valence-corrected chi connectivity index (χ0v) is 9.70. The van der Waals surface area contributed by atoms with Gasteiger partial charge in [-0.3, -0.25) is 4.79 Å². The fraction of sp³-hybridized carbons (Fsp3) is 0.462. The van der Waals surface area contributed by atoms with Crippen LogP contribution in [0.15, 0.2) is 18.2 Å². The molecule has 0 aromatic heterocycles. The van der Waals surface area contributed by atoms with Gasteiger partial charge in [-0.1, -0.05) is 12.8 Å². The minimum atomic E-state index is -0.935. The van der Waals surface area contributed by atoms with Crippen LogP contribution < -0.4 is 4.74 Å². The maximum Gasteiger partial charge on any atom is 0.314 e. The van der Waals surface area contributed by atoms with Gasteiger partial charge in [0.05, 0.1) is 12.5 Å². The van der Waals surface area contributed by atoms with Gasteiger partial charge in [-0.05, 0) is 30.5 Å². The molecule has 1 fully saturated rings. The van der Waals surface area contributed by atoms with Crippen LogP contribution in [0, 0.1) is 5.82 Å². The van der Waals surface area contributed by atoms with Crippen molar-refractivity contribution in [1.29, 1.82) is 0 Å². The number of aliphatic carboxylic acids is 1. The Morgan fingerprint density at radius 2 is 2.00 bits per heavy atom. The van der Waals surface area contributed by atoms with Crippen LogP contribution in [-0.4, -0.2) is 18.2 Å². The van der Waals surface area contributed by atoms with Crippen LogP contribution in [0.2, 0.25) is 0 Å². The lowest BCUT2D eigenvalue weighted by molar-refractivity contribution is -0.143. The van der Waals surface area contributed by atoms with Gasteiger partial charge in [-0.2, -0.15) is 0 Å². The number of ether oxygens (including phenoxy) is 1. The molecule has 1 aliphatic rings. The van der Waals surface area contributed by atoms with Gasteiger partial charge in [0.1, 0.15) is 11.6 Å². The molecule has 0 aliphatic heterocycles. The van der Waals surface area contributed by atoms with Crippen LogP contribution in [0.3, 0.4) is 0 Å². The van der Waals surface area contributed by atoms with E-state index in [4.69, 9.17) is 4.74 Å². The summed E-state index contributed by atoms with van der Waals surface area (Å²) in [5.74, 6) is -0.956. The Balaban J connectivity index is 2.50. The minimum Gasteiger partial charge on any atom is -0.497 e. The van der Waals surface area contributed by atoms with Crippen molar-refractivity contribution in [2.45, 2.75) is 31.1 Å². The van der Waals surface area contributed by atoms with E-state index in [1.54, 1.807) is 6.07 Å². The average molecular weight is 238 g/mol. The maximum absolute atomic E-state index is 13.4. The van der Waals surface area contributed by atoms with Crippen LogP contribution in [0.4, 0.5) is 4.39 Å². The summed E-state index contributed by atoms with van der Waals surface area (Å²) in [6, 6.07) is 4.19. The van der Waals surface area contributed by atoms with Crippen molar-refractivity contribution in [1.82, 2.24) is 0 Å². The zero-order valence-electron chi connectivity index (χ0n) is 9.70. The Bertz CT molecular complexity index is 436. The van der Waals surface area contributed by atoms with Gasteiger partial charge in [0.25, 0.3) is 0 Å². The third-order valence-electron chi connectivity index (χ3n) is 3.53. The lowest BCUT2D eigenvalue weighted by atomic mass is 9.79. The topological polar surface area (TPSA) is 46.5 Å². The Kier molecular flexibility index (Phi) is 3.05. The third kappa shape index (κ3) is 1.99. The van der Waals surface area contributed by atoms with Crippen molar-refractivity contribution in [3.05, 3.63) is 29.6 Å². The summed E-state index contributed by atoms with van der Waals surface area (Å²) < 4.78 is 18.4. The molecule has 1 aliphatic carbocycles. The molecule has 0 spiro atoms. The van der Waals surface area contributed by atoms with Gasteiger partial charge >= 0.3 is 5.97 Å². The highest BCUT2D eigenvalue weighted by atomic mass is 19.1. The van der Waals surface area contributed by atoms with Crippen molar-refractivity contribution >= 4 is 5.97 Å². The predicted octanol–water partition coefficient (Wildman–Crippen LogP) is 2.73. The average Bonchev–Trinajstić information content (AvgIpc) is 2.78. The molecular formula is C13H15FO3. The van der Waals surface area contributed by atoms with Gasteiger partial charge in [0.2, 0.25) is 0 Å². The molecule has 17 heavy (non-hydrogen) atoms. The zero-order chi connectivity index (χ0) is 12.5. The second kappa shape index (κ2) is 4.35. The number of methoxy groups -OCH3 is 1. The fourth-order valence-electron chi connectivity index (χ4n) is 2.56. The van der Waals surface area contributed by atoms with Crippen LogP contribution in [0.1, 0.15) is 31.2 Å². The van der Waals surface area contributed by atoms with E-state index in [9.17, 15) is 14.3 Å². The Morgan fingerprint density at radius 3 is 2.53 bits per heavy atom. The molecule has 2 rings (SSSR count). The highest BCUT2D eigenvalue weighted by Gasteiger charge is 2.43. The summed E-state index contributed by atoms with van der Waals surface area (Å²) in [4.78, 5) is 11.5. The third-order valence-corrected chi connectivity index (χ3v) is 3.53. The maximum atomic E-state index is 13.4. The van der Waals surface area contributed by atoms with Crippen molar-refractivity contribution in [2.75, 3.05) is 7.11 Å². The molecule has 1 saturated carbocycles. The highest BCUT2D eigenvalue weighted by Crippen LogP contribution is 2.42. The monoisotopic (exact) mass is 238 g/mol. The Hall–Kier alpha value is -1.58. The van der Waals surface area contributed by atoms with Crippen LogP contribution >= 0.6 is 0 Å². The number of benzene rings is 1. The SMILES string of the molecule is COc1cc(F)cc(C2(C(=O)O)CCCC2)c1. The van der Waals surface area contributed by atoms with Crippen LogP contribution in [0.25, 0.3) is 0 Å². The molecule has 1 aromatic carbocycles. The summed E-state index contributed by atoms with van der Waals surface area (Å²) in [6.45, 7) is 0. The van der Waals surface area contributed by atoms with E-state index in [1.165, 1.54) is 19.2 Å². The van der Waals surface area contributed by atoms with E-state index in [0.29, 0.717) is 24.2 Å². The predicted molar refractivity (Wildman–Crippen MR) is 60.7 cm³/mol. The van der Waals surface area contributed by atoms with E-state index in [-0.39, 0.29) is 0 Å². The van der Waals surface area contributed by atoms with Crippen LogP contribution in [-0.2, 0) is 10.2 Å². The summed E-state index contributed by atoms with van der Waals surface area (Å²) in [7, 11) is 1.45. The highest BCUT2D eigenvalue weighted by molar-refractivity contribution is 5.82. The molecule has 0 bridgehead atoms. The molecule has 0 amide bonds. The molecule has 1 aromatic rings. The first-order chi connectivity index (χ1) is 8.08. The van der Waals surface area contributed by atoms with Crippen molar-refractivity contribution in [3.63, 3.8) is 0 Å². The van der Waals surface area contributed by atoms with Gasteiger partial charge < -0.3 is 9.84 Å². The molecule has 3 nitrogen and oxygen atoms in total. The first-order valence-corrected chi connectivity index (χ1v) is 5.67. The van der Waals surface area contributed by atoms with Gasteiger partial charge in [0, 0.05) is 6.07 Å². The molecule has 92 valence electrons. The van der Waals surface area contributed by atoms with E-state index in [2.05, 4.69) is 0 Å². The first-order valence-electron chi connectivity index (χ1n) is 5.67. The smallest absolute Gasteiger partial charge is 0.314 e. The lowest BCUT2D eigenvalue weighted by Crippen LogP contribution is -2.32. The number of hydrogen-bond acceptors (Lipinski definition) is 2. The fourth-order valence-corrected chi connectivity index (χ4v) is 2.56. The number of carboxylic acids is 1. The molecule has 0 radical (unpaired) electrons. The second-order valence-corrected chi connectivity index (χ2v) is 4.47. The van der Waals surface area contributed by atoms with Gasteiger partial charge in [-0.25, -0.2) is 4.39 Å². The standard InChI is InChI=1S/C13H15FO3/c1-17-11-7-9(6-10(14)8-11)13(12(15)16)4-2-3-5-13/h6-8H,2-5H2,1H3,(H,15,16). The van der Waals surface area contributed by atoms with E-state index >= 15 is 0 Å². The van der Waals surface area contributed by atoms with Crippen LogP contribution in [0.5, 0.6) is 5.75 Å².